The highest BCUT2D eigenvalue weighted by Crippen LogP contribution is 2.38. The average Bonchev–Trinajstić information content (AvgIpc) is 2.89. The predicted molar refractivity (Wildman–Crippen MR) is 78.6 cm³/mol. The fourth-order valence-electron chi connectivity index (χ4n) is 3.00. The molecule has 0 amide bonds. The number of rotatable bonds is 4. The van der Waals surface area contributed by atoms with Gasteiger partial charge in [-0.1, -0.05) is 12.8 Å². The van der Waals surface area contributed by atoms with E-state index in [1.54, 1.807) is 11.3 Å². The largest absolute Gasteiger partial charge is 0.326 e. The van der Waals surface area contributed by atoms with Crippen molar-refractivity contribution in [3.8, 4) is 0 Å². The molecule has 0 bridgehead atoms. The Balaban J connectivity index is 2.12. The molecule has 2 rings (SSSR count). The van der Waals surface area contributed by atoms with E-state index >= 15 is 0 Å². The third-order valence-corrected chi connectivity index (χ3v) is 6.10. The van der Waals surface area contributed by atoms with Gasteiger partial charge < -0.3 is 10.6 Å². The van der Waals surface area contributed by atoms with Crippen LogP contribution < -0.4 is 5.73 Å². The number of halogens is 1. The number of nitrogens with zero attached hydrogens (tertiary/aromatic N) is 1. The molecule has 0 spiro atoms. The summed E-state index contributed by atoms with van der Waals surface area (Å²) in [6, 6.07) is 2.35. The summed E-state index contributed by atoms with van der Waals surface area (Å²) < 4.78 is 1.21. The zero-order chi connectivity index (χ0) is 12.5. The van der Waals surface area contributed by atoms with Crippen molar-refractivity contribution in [2.24, 2.45) is 5.73 Å². The monoisotopic (exact) mass is 316 g/mol. The van der Waals surface area contributed by atoms with E-state index in [0.29, 0.717) is 0 Å². The van der Waals surface area contributed by atoms with Crippen LogP contribution in [0, 0.1) is 0 Å². The second-order valence-corrected chi connectivity index (χ2v) is 7.06. The second kappa shape index (κ2) is 5.39. The smallest absolute Gasteiger partial charge is 0.0357 e. The van der Waals surface area contributed by atoms with Gasteiger partial charge in [-0.15, -0.1) is 11.3 Å². The van der Waals surface area contributed by atoms with Gasteiger partial charge in [0.15, 0.2) is 0 Å². The summed E-state index contributed by atoms with van der Waals surface area (Å²) in [5.41, 5.74) is 6.73. The van der Waals surface area contributed by atoms with Gasteiger partial charge in [0.05, 0.1) is 0 Å². The van der Waals surface area contributed by atoms with Gasteiger partial charge in [0, 0.05) is 20.9 Å². The molecule has 1 unspecified atom stereocenters. The summed E-state index contributed by atoms with van der Waals surface area (Å²) in [6.45, 7) is 0. The summed E-state index contributed by atoms with van der Waals surface area (Å²) >= 11 is 5.40. The standard InChI is InChI=1S/C13H21BrN2S/c1-16(2)13(6-3-4-7-13)12(15)9-11-10(14)5-8-17-11/h5,8,12H,3-4,6-7,9,15H2,1-2H3. The van der Waals surface area contributed by atoms with Crippen LogP contribution in [-0.2, 0) is 6.42 Å². The van der Waals surface area contributed by atoms with Crippen LogP contribution in [0.3, 0.4) is 0 Å². The zero-order valence-electron chi connectivity index (χ0n) is 10.6. The van der Waals surface area contributed by atoms with Gasteiger partial charge in [-0.3, -0.25) is 0 Å². The van der Waals surface area contributed by atoms with E-state index in [2.05, 4.69) is 46.4 Å². The fourth-order valence-corrected chi connectivity index (χ4v) is 4.57. The molecule has 0 aliphatic heterocycles. The van der Waals surface area contributed by atoms with E-state index in [0.717, 1.165) is 6.42 Å². The van der Waals surface area contributed by atoms with Crippen LogP contribution >= 0.6 is 27.3 Å². The van der Waals surface area contributed by atoms with Crippen molar-refractivity contribution in [2.75, 3.05) is 14.1 Å². The molecular weight excluding hydrogens is 296 g/mol. The van der Waals surface area contributed by atoms with E-state index in [-0.39, 0.29) is 11.6 Å². The van der Waals surface area contributed by atoms with Gasteiger partial charge in [0.2, 0.25) is 0 Å². The lowest BCUT2D eigenvalue weighted by molar-refractivity contribution is 0.123. The molecule has 4 heteroatoms. The van der Waals surface area contributed by atoms with Crippen molar-refractivity contribution < 1.29 is 0 Å². The Morgan fingerprint density at radius 3 is 2.59 bits per heavy atom. The van der Waals surface area contributed by atoms with Gasteiger partial charge in [-0.25, -0.2) is 0 Å². The Morgan fingerprint density at radius 1 is 1.47 bits per heavy atom. The summed E-state index contributed by atoms with van der Waals surface area (Å²) in [7, 11) is 4.35. The van der Waals surface area contributed by atoms with Crippen molar-refractivity contribution in [2.45, 2.75) is 43.7 Å². The van der Waals surface area contributed by atoms with E-state index < -0.39 is 0 Å². The van der Waals surface area contributed by atoms with Crippen LogP contribution in [0.25, 0.3) is 0 Å². The first-order valence-electron chi connectivity index (χ1n) is 6.21. The molecule has 2 nitrogen and oxygen atoms in total. The molecule has 1 fully saturated rings. The molecule has 0 radical (unpaired) electrons. The molecule has 1 aromatic heterocycles. The summed E-state index contributed by atoms with van der Waals surface area (Å²) in [6.07, 6.45) is 6.10. The fraction of sp³-hybridized carbons (Fsp3) is 0.692. The molecule has 1 heterocycles. The zero-order valence-corrected chi connectivity index (χ0v) is 13.0. The predicted octanol–water partition coefficient (Wildman–Crippen LogP) is 3.25. The van der Waals surface area contributed by atoms with Crippen LogP contribution in [0.1, 0.15) is 30.6 Å². The lowest BCUT2D eigenvalue weighted by Crippen LogP contribution is -2.56. The van der Waals surface area contributed by atoms with Gasteiger partial charge >= 0.3 is 0 Å². The highest BCUT2D eigenvalue weighted by Gasteiger charge is 2.41. The molecule has 1 atom stereocenters. The van der Waals surface area contributed by atoms with Crippen LogP contribution in [0.2, 0.25) is 0 Å². The highest BCUT2D eigenvalue weighted by atomic mass is 79.9. The molecule has 1 aromatic rings. The third-order valence-electron chi connectivity index (χ3n) is 4.15. The Hall–Kier alpha value is 0.100. The lowest BCUT2D eigenvalue weighted by atomic mass is 9.85. The van der Waals surface area contributed by atoms with Gasteiger partial charge in [-0.2, -0.15) is 0 Å². The molecule has 1 aliphatic rings. The Bertz CT molecular complexity index is 369. The number of hydrogen-bond donors (Lipinski definition) is 1. The van der Waals surface area contributed by atoms with Crippen LogP contribution in [0.4, 0.5) is 0 Å². The summed E-state index contributed by atoms with van der Waals surface area (Å²) in [4.78, 5) is 3.73. The first-order valence-corrected chi connectivity index (χ1v) is 7.88. The van der Waals surface area contributed by atoms with Crippen molar-refractivity contribution in [3.05, 3.63) is 20.8 Å². The molecule has 17 heavy (non-hydrogen) atoms. The van der Waals surface area contributed by atoms with E-state index in [4.69, 9.17) is 5.73 Å². The van der Waals surface area contributed by atoms with Crippen molar-refractivity contribution in [3.63, 3.8) is 0 Å². The van der Waals surface area contributed by atoms with Crippen LogP contribution in [-0.4, -0.2) is 30.6 Å². The summed E-state index contributed by atoms with van der Waals surface area (Å²) in [5, 5.41) is 2.13. The van der Waals surface area contributed by atoms with E-state index in [9.17, 15) is 0 Å². The minimum absolute atomic E-state index is 0.212. The maximum atomic E-state index is 6.52. The second-order valence-electron chi connectivity index (χ2n) is 5.21. The van der Waals surface area contributed by atoms with Crippen molar-refractivity contribution >= 4 is 27.3 Å². The Labute approximate surface area is 116 Å². The van der Waals surface area contributed by atoms with Crippen LogP contribution in [0.15, 0.2) is 15.9 Å². The Kier molecular flexibility index (Phi) is 4.29. The maximum absolute atomic E-state index is 6.52. The van der Waals surface area contributed by atoms with Crippen molar-refractivity contribution in [1.82, 2.24) is 4.90 Å². The number of hydrogen-bond acceptors (Lipinski definition) is 3. The number of likely N-dealkylation sites (N-methyl/N-ethyl adjacent to an activating group) is 1. The van der Waals surface area contributed by atoms with Gasteiger partial charge in [-0.05, 0) is 60.7 Å². The number of thiophene rings is 1. The summed E-state index contributed by atoms with van der Waals surface area (Å²) in [5.74, 6) is 0. The first kappa shape index (κ1) is 13.5. The number of nitrogens with two attached hydrogens (primary N) is 1. The molecule has 0 aromatic carbocycles. The first-order chi connectivity index (χ1) is 8.06. The van der Waals surface area contributed by atoms with Gasteiger partial charge in [0.25, 0.3) is 0 Å². The molecule has 1 aliphatic carbocycles. The normalized spacial score (nSPS) is 21.0. The topological polar surface area (TPSA) is 29.3 Å². The average molecular weight is 317 g/mol. The molecule has 2 N–H and O–H groups in total. The SMILES string of the molecule is CN(C)C1(C(N)Cc2sccc2Br)CCCC1. The minimum Gasteiger partial charge on any atom is -0.326 e. The van der Waals surface area contributed by atoms with Gasteiger partial charge in [0.1, 0.15) is 0 Å². The quantitative estimate of drug-likeness (QED) is 0.923. The molecular formula is C13H21BrN2S. The van der Waals surface area contributed by atoms with E-state index in [1.165, 1.54) is 35.0 Å². The Morgan fingerprint density at radius 2 is 2.12 bits per heavy atom. The molecule has 1 saturated carbocycles. The third kappa shape index (κ3) is 2.60. The molecule has 0 saturated heterocycles. The minimum atomic E-state index is 0.212. The highest BCUT2D eigenvalue weighted by molar-refractivity contribution is 9.10. The maximum Gasteiger partial charge on any atom is 0.0357 e. The molecule has 96 valence electrons. The van der Waals surface area contributed by atoms with E-state index in [1.807, 2.05) is 0 Å². The van der Waals surface area contributed by atoms with Crippen LogP contribution in [0.5, 0.6) is 0 Å². The lowest BCUT2D eigenvalue weighted by Gasteiger charge is -2.41. The van der Waals surface area contributed by atoms with Crippen molar-refractivity contribution in [1.29, 1.82) is 0 Å².